The van der Waals surface area contributed by atoms with E-state index in [1.165, 1.54) is 12.1 Å². The van der Waals surface area contributed by atoms with E-state index in [4.69, 9.17) is 0 Å². The van der Waals surface area contributed by atoms with Crippen LogP contribution in [0.3, 0.4) is 0 Å². The molecule has 1 amide bonds. The molecule has 4 nitrogen and oxygen atoms in total. The summed E-state index contributed by atoms with van der Waals surface area (Å²) in [5, 5.41) is 9.51. The molecule has 0 radical (unpaired) electrons. The van der Waals surface area contributed by atoms with Crippen LogP contribution in [0.25, 0.3) is 0 Å². The van der Waals surface area contributed by atoms with Gasteiger partial charge in [0.05, 0.1) is 0 Å². The van der Waals surface area contributed by atoms with Crippen LogP contribution in [0.5, 0.6) is 5.75 Å². The largest absolute Gasteiger partial charge is 0.505 e. The molecule has 1 aliphatic heterocycles. The molecule has 0 bridgehead atoms. The van der Waals surface area contributed by atoms with Crippen molar-refractivity contribution in [3.8, 4) is 5.75 Å². The average Bonchev–Trinajstić information content (AvgIpc) is 2.63. The number of benzene rings is 1. The van der Waals surface area contributed by atoms with E-state index in [2.05, 4.69) is 4.98 Å². The fourth-order valence-electron chi connectivity index (χ4n) is 3.24. The summed E-state index contributed by atoms with van der Waals surface area (Å²) in [7, 11) is 0. The van der Waals surface area contributed by atoms with E-state index in [0.29, 0.717) is 12.1 Å². The first-order valence-electron chi connectivity index (χ1n) is 8.34. The number of carbonyl (C=O) groups is 1. The van der Waals surface area contributed by atoms with Gasteiger partial charge in [-0.05, 0) is 62.4 Å². The number of likely N-dealkylation sites (tertiary alicyclic amines) is 1. The van der Waals surface area contributed by atoms with Gasteiger partial charge in [-0.1, -0.05) is 6.07 Å². The van der Waals surface area contributed by atoms with Crippen LogP contribution >= 0.6 is 0 Å². The van der Waals surface area contributed by atoms with Gasteiger partial charge in [0.1, 0.15) is 0 Å². The number of phenolic OH excluding ortho intramolecular Hbond substituents is 1. The van der Waals surface area contributed by atoms with Crippen LogP contribution in [-0.4, -0.2) is 33.5 Å². The number of carbonyl (C=O) groups excluding carboxylic acids is 1. The van der Waals surface area contributed by atoms with Crippen molar-refractivity contribution in [3.05, 3.63) is 59.7 Å². The van der Waals surface area contributed by atoms with E-state index in [0.717, 1.165) is 43.9 Å². The van der Waals surface area contributed by atoms with Gasteiger partial charge in [0, 0.05) is 30.0 Å². The summed E-state index contributed by atoms with van der Waals surface area (Å²) in [5.41, 5.74) is 1.36. The third-order valence-electron chi connectivity index (χ3n) is 4.54. The number of piperidine rings is 1. The van der Waals surface area contributed by atoms with Crippen molar-refractivity contribution < 1.29 is 14.3 Å². The number of aromatic nitrogens is 1. The predicted molar refractivity (Wildman–Crippen MR) is 89.3 cm³/mol. The van der Waals surface area contributed by atoms with Crippen LogP contribution in [0.2, 0.25) is 0 Å². The number of aryl methyl sites for hydroxylation is 1. The van der Waals surface area contributed by atoms with Crippen LogP contribution in [0, 0.1) is 5.82 Å². The Kier molecular flexibility index (Phi) is 5.08. The molecule has 2 aromatic rings. The molecule has 1 fully saturated rings. The first kappa shape index (κ1) is 16.4. The van der Waals surface area contributed by atoms with Gasteiger partial charge in [-0.2, -0.15) is 0 Å². The normalized spacial score (nSPS) is 17.7. The molecular weight excluding hydrogens is 307 g/mol. The lowest BCUT2D eigenvalue weighted by Gasteiger charge is -2.36. The number of amides is 1. The third kappa shape index (κ3) is 3.72. The first-order chi connectivity index (χ1) is 11.6. The second kappa shape index (κ2) is 7.43. The van der Waals surface area contributed by atoms with Crippen molar-refractivity contribution in [1.82, 2.24) is 9.88 Å². The zero-order valence-corrected chi connectivity index (χ0v) is 13.5. The molecule has 24 heavy (non-hydrogen) atoms. The van der Waals surface area contributed by atoms with Crippen molar-refractivity contribution in [2.24, 2.45) is 0 Å². The van der Waals surface area contributed by atoms with Crippen LogP contribution in [0.1, 0.15) is 41.7 Å². The van der Waals surface area contributed by atoms with E-state index in [1.54, 1.807) is 6.20 Å². The van der Waals surface area contributed by atoms with E-state index >= 15 is 0 Å². The number of halogens is 1. The lowest BCUT2D eigenvalue weighted by molar-refractivity contribution is 0.0601. The maximum Gasteiger partial charge on any atom is 0.254 e. The highest BCUT2D eigenvalue weighted by atomic mass is 19.1. The van der Waals surface area contributed by atoms with Crippen molar-refractivity contribution in [2.75, 3.05) is 6.54 Å². The molecule has 3 rings (SSSR count). The summed E-state index contributed by atoms with van der Waals surface area (Å²) < 4.78 is 13.2. The molecule has 0 aliphatic carbocycles. The second-order valence-corrected chi connectivity index (χ2v) is 6.17. The quantitative estimate of drug-likeness (QED) is 0.934. The minimum Gasteiger partial charge on any atom is -0.505 e. The molecule has 2 heterocycles. The van der Waals surface area contributed by atoms with Gasteiger partial charge in [0.2, 0.25) is 0 Å². The predicted octanol–water partition coefficient (Wildman–Crippen LogP) is 3.55. The lowest BCUT2D eigenvalue weighted by atomic mass is 9.96. The molecule has 1 saturated heterocycles. The van der Waals surface area contributed by atoms with Gasteiger partial charge < -0.3 is 10.0 Å². The van der Waals surface area contributed by atoms with Crippen LogP contribution in [0.15, 0.2) is 42.6 Å². The summed E-state index contributed by atoms with van der Waals surface area (Å²) in [6, 6.07) is 9.78. The lowest BCUT2D eigenvalue weighted by Crippen LogP contribution is -2.44. The van der Waals surface area contributed by atoms with Gasteiger partial charge in [-0.15, -0.1) is 0 Å². The average molecular weight is 328 g/mol. The number of aromatic hydroxyl groups is 1. The molecule has 1 aromatic carbocycles. The molecule has 1 aromatic heterocycles. The van der Waals surface area contributed by atoms with E-state index in [-0.39, 0.29) is 11.9 Å². The van der Waals surface area contributed by atoms with E-state index < -0.39 is 11.6 Å². The van der Waals surface area contributed by atoms with Gasteiger partial charge in [-0.3, -0.25) is 9.78 Å². The highest BCUT2D eigenvalue weighted by molar-refractivity contribution is 5.94. The zero-order valence-electron chi connectivity index (χ0n) is 13.5. The summed E-state index contributed by atoms with van der Waals surface area (Å²) in [5.74, 6) is -1.34. The van der Waals surface area contributed by atoms with E-state index in [9.17, 15) is 14.3 Å². The standard InChI is InChI=1S/C19H21FN2O2/c20-17-10-7-14(13-18(17)23)19(24)22-12-4-2-6-16(22)9-8-15-5-1-3-11-21-15/h1,3,5,7,10-11,13,16,23H,2,4,6,8-9,12H2/t16-/m1/s1. The van der Waals surface area contributed by atoms with Gasteiger partial charge in [-0.25, -0.2) is 4.39 Å². The van der Waals surface area contributed by atoms with Crippen LogP contribution < -0.4 is 0 Å². The monoisotopic (exact) mass is 328 g/mol. The van der Waals surface area contributed by atoms with Crippen molar-refractivity contribution >= 4 is 5.91 Å². The van der Waals surface area contributed by atoms with E-state index in [1.807, 2.05) is 23.1 Å². The minimum absolute atomic E-state index is 0.143. The van der Waals surface area contributed by atoms with Crippen LogP contribution in [0.4, 0.5) is 4.39 Å². The number of hydrogen-bond donors (Lipinski definition) is 1. The molecule has 0 unspecified atom stereocenters. The Hall–Kier alpha value is -2.43. The molecular formula is C19H21FN2O2. The number of rotatable bonds is 4. The molecule has 5 heteroatoms. The second-order valence-electron chi connectivity index (χ2n) is 6.17. The third-order valence-corrected chi connectivity index (χ3v) is 4.54. The summed E-state index contributed by atoms with van der Waals surface area (Å²) in [6.07, 6.45) is 6.50. The van der Waals surface area contributed by atoms with Gasteiger partial charge in [0.15, 0.2) is 11.6 Å². The Labute approximate surface area is 141 Å². The van der Waals surface area contributed by atoms with Crippen molar-refractivity contribution in [1.29, 1.82) is 0 Å². The number of nitrogens with zero attached hydrogens (tertiary/aromatic N) is 2. The minimum atomic E-state index is -0.711. The molecule has 0 spiro atoms. The summed E-state index contributed by atoms with van der Waals surface area (Å²) in [4.78, 5) is 19.0. The fraction of sp³-hybridized carbons (Fsp3) is 0.368. The highest BCUT2D eigenvalue weighted by Gasteiger charge is 2.27. The SMILES string of the molecule is O=C(c1ccc(F)c(O)c1)N1CCCC[C@@H]1CCc1ccccn1. The first-order valence-corrected chi connectivity index (χ1v) is 8.34. The maximum atomic E-state index is 13.2. The topological polar surface area (TPSA) is 53.4 Å². The summed E-state index contributed by atoms with van der Waals surface area (Å²) in [6.45, 7) is 0.698. The van der Waals surface area contributed by atoms with Gasteiger partial charge >= 0.3 is 0 Å². The molecule has 0 saturated carbocycles. The zero-order chi connectivity index (χ0) is 16.9. The number of hydrogen-bond acceptors (Lipinski definition) is 3. The molecule has 1 aliphatic rings. The summed E-state index contributed by atoms with van der Waals surface area (Å²) >= 11 is 0. The number of phenols is 1. The van der Waals surface area contributed by atoms with Crippen molar-refractivity contribution in [2.45, 2.75) is 38.1 Å². The Morgan fingerprint density at radius 1 is 1.29 bits per heavy atom. The molecule has 126 valence electrons. The fourth-order valence-corrected chi connectivity index (χ4v) is 3.24. The molecule has 1 atom stereocenters. The maximum absolute atomic E-state index is 13.2. The molecule has 1 N–H and O–H groups in total. The Balaban J connectivity index is 1.71. The Morgan fingerprint density at radius 2 is 2.17 bits per heavy atom. The highest BCUT2D eigenvalue weighted by Crippen LogP contribution is 2.25. The smallest absolute Gasteiger partial charge is 0.254 e. The Bertz CT molecular complexity index is 706. The van der Waals surface area contributed by atoms with Crippen LogP contribution in [-0.2, 0) is 6.42 Å². The van der Waals surface area contributed by atoms with Gasteiger partial charge in [0.25, 0.3) is 5.91 Å². The Morgan fingerprint density at radius 3 is 2.92 bits per heavy atom. The van der Waals surface area contributed by atoms with Crippen molar-refractivity contribution in [3.63, 3.8) is 0 Å². The number of pyridine rings is 1.